The number of halogens is 6. The zero-order valence-corrected chi connectivity index (χ0v) is 10.1. The fourth-order valence-electron chi connectivity index (χ4n) is 0.962. The molecule has 1 aromatic heterocycles. The first kappa shape index (κ1) is 16.9. The topological polar surface area (TPSA) is 99.4 Å². The van der Waals surface area contributed by atoms with Crippen molar-refractivity contribution in [1.82, 2.24) is 4.98 Å². The molecule has 0 unspecified atom stereocenters. The largest absolute Gasteiger partial charge is 0.534 e. The van der Waals surface area contributed by atoms with Crippen LogP contribution in [0.15, 0.2) is 12.3 Å². The molecule has 0 atom stereocenters. The molecule has 14 heteroatoms. The Hall–Kier alpha value is -2.12. The summed E-state index contributed by atoms with van der Waals surface area (Å²) in [5.74, 6) is -1.97. The highest BCUT2D eigenvalue weighted by Crippen LogP contribution is 2.38. The van der Waals surface area contributed by atoms with Gasteiger partial charge in [0.05, 0.1) is 4.92 Å². The van der Waals surface area contributed by atoms with E-state index in [-0.39, 0.29) is 12.3 Å². The van der Waals surface area contributed by atoms with Crippen molar-refractivity contribution in [2.75, 3.05) is 0 Å². The lowest BCUT2D eigenvalue weighted by Gasteiger charge is -2.13. The Morgan fingerprint density at radius 1 is 1.19 bits per heavy atom. The molecule has 0 fully saturated rings. The van der Waals surface area contributed by atoms with Gasteiger partial charge in [0, 0.05) is 6.07 Å². The maximum absolute atomic E-state index is 12.5. The van der Waals surface area contributed by atoms with Crippen LogP contribution in [0.3, 0.4) is 0 Å². The van der Waals surface area contributed by atoms with E-state index in [2.05, 4.69) is 9.17 Å². The van der Waals surface area contributed by atoms with E-state index in [1.165, 1.54) is 0 Å². The quantitative estimate of drug-likeness (QED) is 0.275. The Morgan fingerprint density at radius 3 is 2.10 bits per heavy atom. The molecule has 1 aromatic rings. The molecular weight excluding hydrogens is 338 g/mol. The second-order valence-electron chi connectivity index (χ2n) is 3.28. The number of pyridine rings is 1. The van der Waals surface area contributed by atoms with E-state index >= 15 is 0 Å². The standard InChI is InChI=1S/C7H2F6N2O5S/c8-6(9,10)4-1-3(15(16)17)2-14-5(4)20-21(18,19)7(11,12)13/h1-2H. The van der Waals surface area contributed by atoms with Crippen LogP contribution in [0.25, 0.3) is 0 Å². The summed E-state index contributed by atoms with van der Waals surface area (Å²) in [6.07, 6.45) is -5.30. The fourth-order valence-corrected chi connectivity index (χ4v) is 1.40. The first-order valence-electron chi connectivity index (χ1n) is 4.48. The highest BCUT2D eigenvalue weighted by molar-refractivity contribution is 7.87. The zero-order chi connectivity index (χ0) is 16.6. The lowest BCUT2D eigenvalue weighted by Crippen LogP contribution is -2.29. The SMILES string of the molecule is O=[N+]([O-])c1cnc(OS(=O)(=O)C(F)(F)F)c(C(F)(F)F)c1. The Morgan fingerprint density at radius 2 is 1.71 bits per heavy atom. The monoisotopic (exact) mass is 340 g/mol. The van der Waals surface area contributed by atoms with Gasteiger partial charge in [-0.3, -0.25) is 10.1 Å². The highest BCUT2D eigenvalue weighted by atomic mass is 32.2. The van der Waals surface area contributed by atoms with E-state index in [0.717, 1.165) is 0 Å². The normalized spacial score (nSPS) is 13.0. The number of aromatic nitrogens is 1. The van der Waals surface area contributed by atoms with Gasteiger partial charge in [0.2, 0.25) is 5.88 Å². The van der Waals surface area contributed by atoms with Crippen LogP contribution in [0.1, 0.15) is 5.56 Å². The Bertz CT molecular complexity index is 667. The van der Waals surface area contributed by atoms with Gasteiger partial charge >= 0.3 is 21.8 Å². The van der Waals surface area contributed by atoms with E-state index in [4.69, 9.17) is 0 Å². The fraction of sp³-hybridized carbons (Fsp3) is 0.286. The smallest absolute Gasteiger partial charge is 0.355 e. The molecule has 0 aliphatic rings. The highest BCUT2D eigenvalue weighted by Gasteiger charge is 2.50. The van der Waals surface area contributed by atoms with E-state index in [9.17, 15) is 44.9 Å². The van der Waals surface area contributed by atoms with Crippen molar-refractivity contribution in [3.8, 4) is 5.88 Å². The Kier molecular flexibility index (Phi) is 4.04. The van der Waals surface area contributed by atoms with Crippen LogP contribution in [0.4, 0.5) is 32.0 Å². The maximum atomic E-state index is 12.5. The third kappa shape index (κ3) is 3.71. The molecule has 0 radical (unpaired) electrons. The molecule has 0 aliphatic heterocycles. The van der Waals surface area contributed by atoms with Crippen molar-refractivity contribution >= 4 is 15.8 Å². The van der Waals surface area contributed by atoms with E-state index < -0.39 is 43.9 Å². The molecule has 0 aliphatic carbocycles. The molecule has 7 nitrogen and oxygen atoms in total. The third-order valence-corrected chi connectivity index (χ3v) is 2.77. The molecule has 0 amide bonds. The number of hydrogen-bond acceptors (Lipinski definition) is 6. The molecule has 0 bridgehead atoms. The minimum absolute atomic E-state index is 0.121. The van der Waals surface area contributed by atoms with Crippen LogP contribution in [0, 0.1) is 10.1 Å². The van der Waals surface area contributed by atoms with Crippen LogP contribution in [-0.4, -0.2) is 23.8 Å². The lowest BCUT2D eigenvalue weighted by molar-refractivity contribution is -0.385. The van der Waals surface area contributed by atoms with Gasteiger partial charge in [-0.25, -0.2) is 4.98 Å². The van der Waals surface area contributed by atoms with Crippen LogP contribution in [0.2, 0.25) is 0 Å². The van der Waals surface area contributed by atoms with E-state index in [0.29, 0.717) is 0 Å². The summed E-state index contributed by atoms with van der Waals surface area (Å²) in [7, 11) is -6.40. The second kappa shape index (κ2) is 5.01. The maximum Gasteiger partial charge on any atom is 0.534 e. The molecule has 0 N–H and O–H groups in total. The van der Waals surface area contributed by atoms with Crippen molar-refractivity contribution in [2.24, 2.45) is 0 Å². The first-order chi connectivity index (χ1) is 9.25. The van der Waals surface area contributed by atoms with Gasteiger partial charge < -0.3 is 4.18 Å². The summed E-state index contributed by atoms with van der Waals surface area (Å²) >= 11 is 0. The molecule has 21 heavy (non-hydrogen) atoms. The number of rotatable bonds is 3. The molecule has 0 saturated heterocycles. The summed E-state index contributed by atoms with van der Waals surface area (Å²) in [6, 6.07) is -0.200. The van der Waals surface area contributed by atoms with Crippen molar-refractivity contribution < 1.29 is 43.9 Å². The lowest BCUT2D eigenvalue weighted by atomic mass is 10.2. The predicted molar refractivity (Wildman–Crippen MR) is 51.5 cm³/mol. The number of alkyl halides is 6. The molecule has 118 valence electrons. The number of nitrogens with zero attached hydrogens (tertiary/aromatic N) is 2. The summed E-state index contributed by atoms with van der Waals surface area (Å²) in [5.41, 5.74) is -9.33. The van der Waals surface area contributed by atoms with E-state index in [1.54, 1.807) is 0 Å². The summed E-state index contributed by atoms with van der Waals surface area (Å²) in [4.78, 5) is 11.6. The van der Waals surface area contributed by atoms with E-state index in [1.807, 2.05) is 0 Å². The molecule has 1 heterocycles. The Balaban J connectivity index is 3.41. The second-order valence-corrected chi connectivity index (χ2v) is 4.82. The minimum Gasteiger partial charge on any atom is -0.355 e. The summed E-state index contributed by atoms with van der Waals surface area (Å²) in [6.45, 7) is 0. The molecule has 0 spiro atoms. The third-order valence-electron chi connectivity index (χ3n) is 1.83. The average molecular weight is 340 g/mol. The summed E-state index contributed by atoms with van der Waals surface area (Å²) < 4.78 is 98.2. The zero-order valence-electron chi connectivity index (χ0n) is 9.27. The van der Waals surface area contributed by atoms with Crippen LogP contribution < -0.4 is 4.18 Å². The van der Waals surface area contributed by atoms with Gasteiger partial charge in [-0.05, 0) is 0 Å². The molecule has 0 saturated carbocycles. The van der Waals surface area contributed by atoms with Gasteiger partial charge in [-0.2, -0.15) is 34.8 Å². The predicted octanol–water partition coefficient (Wildman–Crippen LogP) is 2.24. The van der Waals surface area contributed by atoms with Crippen molar-refractivity contribution in [1.29, 1.82) is 0 Å². The van der Waals surface area contributed by atoms with Gasteiger partial charge in [0.15, 0.2) is 0 Å². The van der Waals surface area contributed by atoms with Crippen LogP contribution in [0.5, 0.6) is 5.88 Å². The van der Waals surface area contributed by atoms with Gasteiger partial charge in [0.25, 0.3) is 5.69 Å². The first-order valence-corrected chi connectivity index (χ1v) is 5.89. The van der Waals surface area contributed by atoms with Crippen LogP contribution >= 0.6 is 0 Å². The molecule has 0 aromatic carbocycles. The number of nitro groups is 1. The van der Waals surface area contributed by atoms with Crippen molar-refractivity contribution in [3.05, 3.63) is 27.9 Å². The van der Waals surface area contributed by atoms with Crippen molar-refractivity contribution in [3.63, 3.8) is 0 Å². The summed E-state index contributed by atoms with van der Waals surface area (Å²) in [5, 5.41) is 10.3. The van der Waals surface area contributed by atoms with Gasteiger partial charge in [-0.1, -0.05) is 0 Å². The van der Waals surface area contributed by atoms with Crippen LogP contribution in [-0.2, 0) is 16.3 Å². The molecular formula is C7H2F6N2O5S. The minimum atomic E-state index is -6.40. The van der Waals surface area contributed by atoms with Gasteiger partial charge in [0.1, 0.15) is 11.8 Å². The van der Waals surface area contributed by atoms with Crippen molar-refractivity contribution in [2.45, 2.75) is 11.7 Å². The Labute approximate surface area is 111 Å². The van der Waals surface area contributed by atoms with Gasteiger partial charge in [-0.15, -0.1) is 0 Å². The average Bonchev–Trinajstić information content (AvgIpc) is 2.25. The molecule has 1 rings (SSSR count). The number of hydrogen-bond donors (Lipinski definition) is 0.